The molecule has 0 N–H and O–H groups in total. The minimum Gasteiger partial charge on any atom is -0.495 e. The summed E-state index contributed by atoms with van der Waals surface area (Å²) in [6, 6.07) is 1.28. The summed E-state index contributed by atoms with van der Waals surface area (Å²) in [7, 11) is 3.01. The van der Waals surface area contributed by atoms with Gasteiger partial charge in [-0.3, -0.25) is 4.99 Å². The van der Waals surface area contributed by atoms with E-state index in [4.69, 9.17) is 9.47 Å². The van der Waals surface area contributed by atoms with Crippen LogP contribution in [-0.2, 0) is 4.74 Å². The van der Waals surface area contributed by atoms with Crippen molar-refractivity contribution in [2.45, 2.75) is 6.04 Å². The molecule has 2 aliphatic heterocycles. The molecule has 1 aromatic rings. The second-order valence-electron chi connectivity index (χ2n) is 4.48. The van der Waals surface area contributed by atoms with Crippen LogP contribution < -0.4 is 4.74 Å². The average molecular weight is 275 g/mol. The van der Waals surface area contributed by atoms with Crippen LogP contribution in [0.2, 0.25) is 0 Å². The molecule has 0 amide bonds. The quantitative estimate of drug-likeness (QED) is 0.847. The van der Waals surface area contributed by atoms with E-state index in [0.717, 1.165) is 17.2 Å². The average Bonchev–Trinajstić information content (AvgIpc) is 2.89. The van der Waals surface area contributed by atoms with Crippen LogP contribution in [0, 0.1) is 5.82 Å². The first-order valence-corrected chi connectivity index (χ1v) is 6.19. The van der Waals surface area contributed by atoms with Gasteiger partial charge < -0.3 is 14.4 Å². The van der Waals surface area contributed by atoms with Crippen molar-refractivity contribution >= 4 is 5.84 Å². The van der Waals surface area contributed by atoms with E-state index in [9.17, 15) is 4.39 Å². The third-order valence-electron chi connectivity index (χ3n) is 3.27. The van der Waals surface area contributed by atoms with E-state index in [0.29, 0.717) is 6.54 Å². The van der Waals surface area contributed by atoms with Crippen molar-refractivity contribution in [3.8, 4) is 5.88 Å². The summed E-state index contributed by atoms with van der Waals surface area (Å²) in [5.41, 5.74) is 0.728. The van der Waals surface area contributed by atoms with E-state index in [1.54, 1.807) is 13.3 Å². The smallest absolute Gasteiger partial charge is 0.250 e. The van der Waals surface area contributed by atoms with Crippen molar-refractivity contribution in [2.24, 2.45) is 4.99 Å². The van der Waals surface area contributed by atoms with Crippen LogP contribution in [0.5, 0.6) is 5.88 Å². The highest BCUT2D eigenvalue weighted by Crippen LogP contribution is 2.29. The van der Waals surface area contributed by atoms with E-state index in [1.165, 1.54) is 13.2 Å². The zero-order chi connectivity index (χ0) is 14.1. The topological polar surface area (TPSA) is 47.0 Å². The van der Waals surface area contributed by atoms with E-state index < -0.39 is 5.82 Å². The summed E-state index contributed by atoms with van der Waals surface area (Å²) < 4.78 is 23.7. The fourth-order valence-corrected chi connectivity index (χ4v) is 2.24. The van der Waals surface area contributed by atoms with Gasteiger partial charge in [-0.1, -0.05) is 0 Å². The van der Waals surface area contributed by atoms with E-state index in [1.807, 2.05) is 23.3 Å². The van der Waals surface area contributed by atoms with Gasteiger partial charge in [-0.25, -0.2) is 9.37 Å². The Hall–Kier alpha value is -2.37. The lowest BCUT2D eigenvalue weighted by Gasteiger charge is -2.18. The molecule has 3 heterocycles. The van der Waals surface area contributed by atoms with Gasteiger partial charge in [-0.15, -0.1) is 0 Å². The molecule has 1 atom stereocenters. The van der Waals surface area contributed by atoms with Crippen LogP contribution in [0.1, 0.15) is 11.6 Å². The molecule has 20 heavy (non-hydrogen) atoms. The molecular weight excluding hydrogens is 261 g/mol. The van der Waals surface area contributed by atoms with Crippen LogP contribution >= 0.6 is 0 Å². The van der Waals surface area contributed by atoms with Gasteiger partial charge in [0, 0.05) is 12.4 Å². The van der Waals surface area contributed by atoms with E-state index >= 15 is 0 Å². The number of aliphatic imine (C=N–C) groups is 1. The Kier molecular flexibility index (Phi) is 3.14. The molecule has 0 saturated heterocycles. The Morgan fingerprint density at radius 2 is 2.15 bits per heavy atom. The number of halogens is 1. The monoisotopic (exact) mass is 275 g/mol. The zero-order valence-corrected chi connectivity index (χ0v) is 11.2. The van der Waals surface area contributed by atoms with Gasteiger partial charge in [0.15, 0.2) is 5.82 Å². The summed E-state index contributed by atoms with van der Waals surface area (Å²) in [4.78, 5) is 10.5. The minimum atomic E-state index is -0.473. The first kappa shape index (κ1) is 12.7. The zero-order valence-electron chi connectivity index (χ0n) is 11.2. The number of aromatic nitrogens is 1. The van der Waals surface area contributed by atoms with Crippen molar-refractivity contribution in [3.63, 3.8) is 0 Å². The largest absolute Gasteiger partial charge is 0.495 e. The molecule has 1 aromatic heterocycles. The van der Waals surface area contributed by atoms with Crippen molar-refractivity contribution < 1.29 is 13.9 Å². The van der Waals surface area contributed by atoms with Crippen LogP contribution in [0.25, 0.3) is 0 Å². The number of allylic oxidation sites excluding steroid dienone is 1. The van der Waals surface area contributed by atoms with E-state index in [2.05, 4.69) is 9.98 Å². The summed E-state index contributed by atoms with van der Waals surface area (Å²) in [5.74, 6) is 1.13. The Labute approximate surface area is 116 Å². The third-order valence-corrected chi connectivity index (χ3v) is 3.27. The van der Waals surface area contributed by atoms with E-state index in [-0.39, 0.29) is 11.9 Å². The van der Waals surface area contributed by atoms with Crippen LogP contribution in [0.3, 0.4) is 0 Å². The minimum absolute atomic E-state index is 0.00131. The lowest BCUT2D eigenvalue weighted by molar-refractivity contribution is 0.296. The van der Waals surface area contributed by atoms with Crippen molar-refractivity contribution in [1.82, 2.24) is 9.88 Å². The molecule has 0 saturated carbocycles. The summed E-state index contributed by atoms with van der Waals surface area (Å²) >= 11 is 0. The fraction of sp³-hybridized carbons (Fsp3) is 0.286. The molecule has 0 spiro atoms. The fourth-order valence-electron chi connectivity index (χ4n) is 2.24. The molecule has 3 rings (SSSR count). The number of amidine groups is 1. The molecule has 104 valence electrons. The van der Waals surface area contributed by atoms with Gasteiger partial charge in [0.05, 0.1) is 26.8 Å². The van der Waals surface area contributed by atoms with Crippen molar-refractivity contribution in [3.05, 3.63) is 47.8 Å². The number of rotatable bonds is 3. The molecule has 2 aliphatic rings. The second-order valence-corrected chi connectivity index (χ2v) is 4.48. The number of methoxy groups -OCH3 is 2. The van der Waals surface area contributed by atoms with Gasteiger partial charge >= 0.3 is 0 Å². The van der Waals surface area contributed by atoms with Crippen LogP contribution in [0.15, 0.2) is 41.4 Å². The predicted molar refractivity (Wildman–Crippen MR) is 71.9 cm³/mol. The molecule has 0 aromatic carbocycles. The highest BCUT2D eigenvalue weighted by molar-refractivity contribution is 5.96. The summed E-state index contributed by atoms with van der Waals surface area (Å²) in [5, 5.41) is 0. The van der Waals surface area contributed by atoms with Crippen LogP contribution in [0.4, 0.5) is 4.39 Å². The first-order valence-electron chi connectivity index (χ1n) is 6.19. The molecular formula is C14H14FN3O2. The number of ether oxygens (including phenoxy) is 2. The molecule has 0 fully saturated rings. The second kappa shape index (κ2) is 4.96. The number of hydrogen-bond donors (Lipinski definition) is 0. The van der Waals surface area contributed by atoms with Gasteiger partial charge in [-0.05, 0) is 23.8 Å². The predicted octanol–water partition coefficient (Wildman–Crippen LogP) is 2.04. The molecule has 0 bridgehead atoms. The molecule has 5 nitrogen and oxygen atoms in total. The van der Waals surface area contributed by atoms with Crippen molar-refractivity contribution in [1.29, 1.82) is 0 Å². The summed E-state index contributed by atoms with van der Waals surface area (Å²) in [6.07, 6.45) is 7.21. The maximum atomic E-state index is 13.7. The van der Waals surface area contributed by atoms with Gasteiger partial charge in [0.2, 0.25) is 5.88 Å². The highest BCUT2D eigenvalue weighted by atomic mass is 19.1. The van der Waals surface area contributed by atoms with Gasteiger partial charge in [-0.2, -0.15) is 0 Å². The third kappa shape index (κ3) is 2.13. The molecule has 0 radical (unpaired) electrons. The number of pyridine rings is 1. The molecule has 0 aliphatic carbocycles. The SMILES string of the molecule is COC1=CN2CC(c3cnc(OC)c(F)c3)N=C2C=C1. The standard InChI is InChI=1S/C14H14FN3O2/c1-19-10-3-4-13-17-12(8-18(13)7-10)9-5-11(15)14(20-2)16-6-9/h3-7,12H,8H2,1-2H3. The molecule has 6 heteroatoms. The Bertz CT molecular complexity index is 625. The lowest BCUT2D eigenvalue weighted by Crippen LogP contribution is -2.23. The number of nitrogens with zero attached hydrogens (tertiary/aromatic N) is 3. The maximum Gasteiger partial charge on any atom is 0.250 e. The van der Waals surface area contributed by atoms with Gasteiger partial charge in [0.25, 0.3) is 0 Å². The summed E-state index contributed by atoms with van der Waals surface area (Å²) in [6.45, 7) is 0.639. The Balaban J connectivity index is 1.85. The molecule has 1 unspecified atom stereocenters. The Morgan fingerprint density at radius 1 is 1.30 bits per heavy atom. The number of hydrogen-bond acceptors (Lipinski definition) is 5. The highest BCUT2D eigenvalue weighted by Gasteiger charge is 2.26. The number of fused-ring (bicyclic) bond motifs is 1. The van der Waals surface area contributed by atoms with Gasteiger partial charge in [0.1, 0.15) is 11.6 Å². The lowest BCUT2D eigenvalue weighted by atomic mass is 10.1. The van der Waals surface area contributed by atoms with Crippen LogP contribution in [-0.4, -0.2) is 36.5 Å². The van der Waals surface area contributed by atoms with Crippen molar-refractivity contribution in [2.75, 3.05) is 20.8 Å². The Morgan fingerprint density at radius 3 is 2.85 bits per heavy atom. The first-order chi connectivity index (χ1) is 9.71. The maximum absolute atomic E-state index is 13.7. The normalized spacial score (nSPS) is 20.4.